The smallest absolute Gasteiger partial charge is 0.249 e. The maximum Gasteiger partial charge on any atom is 0.249 e. The third-order valence-corrected chi connectivity index (χ3v) is 3.64. The fourth-order valence-corrected chi connectivity index (χ4v) is 2.39. The highest BCUT2D eigenvalue weighted by atomic mass is 19.1. The SMILES string of the molecule is CC1CCC(C(=O)NCC(C)(O)c2ccc(F)cc2F)O1. The van der Waals surface area contributed by atoms with Crippen LogP contribution in [-0.2, 0) is 15.1 Å². The lowest BCUT2D eigenvalue weighted by atomic mass is 9.95. The summed E-state index contributed by atoms with van der Waals surface area (Å²) in [6, 6.07) is 2.94. The molecule has 4 nitrogen and oxygen atoms in total. The lowest BCUT2D eigenvalue weighted by Crippen LogP contribution is -2.43. The molecule has 1 aromatic carbocycles. The topological polar surface area (TPSA) is 58.6 Å². The largest absolute Gasteiger partial charge is 0.383 e. The van der Waals surface area contributed by atoms with E-state index in [1.807, 2.05) is 6.92 Å². The van der Waals surface area contributed by atoms with Gasteiger partial charge >= 0.3 is 0 Å². The summed E-state index contributed by atoms with van der Waals surface area (Å²) in [5.41, 5.74) is -1.69. The lowest BCUT2D eigenvalue weighted by molar-refractivity contribution is -0.132. The van der Waals surface area contributed by atoms with Crippen molar-refractivity contribution in [3.8, 4) is 0 Å². The first-order chi connectivity index (χ1) is 9.79. The zero-order chi connectivity index (χ0) is 15.6. The monoisotopic (exact) mass is 299 g/mol. The molecule has 1 amide bonds. The number of hydrogen-bond acceptors (Lipinski definition) is 3. The van der Waals surface area contributed by atoms with Crippen LogP contribution in [0.1, 0.15) is 32.3 Å². The van der Waals surface area contributed by atoms with Crippen LogP contribution in [0.15, 0.2) is 18.2 Å². The molecular formula is C15H19F2NO3. The first kappa shape index (κ1) is 15.9. The van der Waals surface area contributed by atoms with E-state index in [9.17, 15) is 18.7 Å². The van der Waals surface area contributed by atoms with Crippen molar-refractivity contribution in [2.75, 3.05) is 6.54 Å². The summed E-state index contributed by atoms with van der Waals surface area (Å²) in [7, 11) is 0. The van der Waals surface area contributed by atoms with Gasteiger partial charge in [0.05, 0.1) is 12.6 Å². The summed E-state index contributed by atoms with van der Waals surface area (Å²) in [4.78, 5) is 11.9. The molecule has 3 unspecified atom stereocenters. The van der Waals surface area contributed by atoms with Gasteiger partial charge in [-0.3, -0.25) is 4.79 Å². The predicted molar refractivity (Wildman–Crippen MR) is 72.5 cm³/mol. The van der Waals surface area contributed by atoms with Gasteiger partial charge < -0.3 is 15.2 Å². The quantitative estimate of drug-likeness (QED) is 0.892. The average Bonchev–Trinajstić information content (AvgIpc) is 2.82. The third kappa shape index (κ3) is 3.77. The zero-order valence-corrected chi connectivity index (χ0v) is 12.0. The van der Waals surface area contributed by atoms with Gasteiger partial charge in [-0.05, 0) is 32.8 Å². The number of rotatable bonds is 4. The molecule has 3 atom stereocenters. The molecule has 2 N–H and O–H groups in total. The van der Waals surface area contributed by atoms with Gasteiger partial charge in [-0.15, -0.1) is 0 Å². The van der Waals surface area contributed by atoms with Crippen molar-refractivity contribution in [3.05, 3.63) is 35.4 Å². The van der Waals surface area contributed by atoms with Crippen LogP contribution in [0.5, 0.6) is 0 Å². The fourth-order valence-electron chi connectivity index (χ4n) is 2.39. The average molecular weight is 299 g/mol. The molecule has 116 valence electrons. The maximum atomic E-state index is 13.7. The summed E-state index contributed by atoms with van der Waals surface area (Å²) in [6.45, 7) is 3.07. The molecule has 1 aromatic rings. The van der Waals surface area contributed by atoms with E-state index in [1.54, 1.807) is 0 Å². The minimum atomic E-state index is -1.63. The van der Waals surface area contributed by atoms with E-state index in [0.717, 1.165) is 12.5 Å². The van der Waals surface area contributed by atoms with Crippen molar-refractivity contribution in [3.63, 3.8) is 0 Å². The van der Waals surface area contributed by atoms with Crippen LogP contribution in [0, 0.1) is 11.6 Å². The summed E-state index contributed by atoms with van der Waals surface area (Å²) in [5, 5.41) is 12.8. The number of halogens is 2. The Morgan fingerprint density at radius 2 is 2.19 bits per heavy atom. The Labute approximate surface area is 122 Å². The van der Waals surface area contributed by atoms with E-state index in [2.05, 4.69) is 5.32 Å². The number of ether oxygens (including phenoxy) is 1. The van der Waals surface area contributed by atoms with Gasteiger partial charge in [-0.2, -0.15) is 0 Å². The number of benzene rings is 1. The Bertz CT molecular complexity index is 534. The predicted octanol–water partition coefficient (Wildman–Crippen LogP) is 1.86. The number of hydrogen-bond donors (Lipinski definition) is 2. The van der Waals surface area contributed by atoms with Crippen LogP contribution in [0.25, 0.3) is 0 Å². The van der Waals surface area contributed by atoms with Gasteiger partial charge in [0.15, 0.2) is 0 Å². The minimum absolute atomic E-state index is 0.0378. The molecule has 2 rings (SSSR count). The van der Waals surface area contributed by atoms with E-state index in [1.165, 1.54) is 13.0 Å². The summed E-state index contributed by atoms with van der Waals surface area (Å²) in [6.07, 6.45) is 0.936. The second-order valence-corrected chi connectivity index (χ2v) is 5.63. The van der Waals surface area contributed by atoms with Crippen LogP contribution in [0.3, 0.4) is 0 Å². The van der Waals surface area contributed by atoms with Crippen LogP contribution in [-0.4, -0.2) is 29.8 Å². The third-order valence-electron chi connectivity index (χ3n) is 3.64. The first-order valence-corrected chi connectivity index (χ1v) is 6.90. The van der Waals surface area contributed by atoms with Crippen molar-refractivity contribution < 1.29 is 23.4 Å². The van der Waals surface area contributed by atoms with E-state index in [-0.39, 0.29) is 24.1 Å². The van der Waals surface area contributed by atoms with E-state index >= 15 is 0 Å². The highest BCUT2D eigenvalue weighted by molar-refractivity contribution is 5.81. The fraction of sp³-hybridized carbons (Fsp3) is 0.533. The molecule has 21 heavy (non-hydrogen) atoms. The maximum absolute atomic E-state index is 13.7. The highest BCUT2D eigenvalue weighted by Gasteiger charge is 2.31. The summed E-state index contributed by atoms with van der Waals surface area (Å²) >= 11 is 0. The molecular weight excluding hydrogens is 280 g/mol. The minimum Gasteiger partial charge on any atom is -0.383 e. The number of nitrogens with one attached hydrogen (secondary N) is 1. The molecule has 1 saturated heterocycles. The number of amides is 1. The molecule has 1 fully saturated rings. The molecule has 1 aliphatic heterocycles. The summed E-state index contributed by atoms with van der Waals surface area (Å²) < 4.78 is 32.0. The Morgan fingerprint density at radius 3 is 2.76 bits per heavy atom. The van der Waals surface area contributed by atoms with Gasteiger partial charge in [-0.25, -0.2) is 8.78 Å². The van der Waals surface area contributed by atoms with Gasteiger partial charge in [0.1, 0.15) is 23.3 Å². The molecule has 6 heteroatoms. The molecule has 0 radical (unpaired) electrons. The molecule has 0 bridgehead atoms. The van der Waals surface area contributed by atoms with Gasteiger partial charge in [0.2, 0.25) is 5.91 Å². The first-order valence-electron chi connectivity index (χ1n) is 6.90. The molecule has 0 saturated carbocycles. The van der Waals surface area contributed by atoms with Crippen molar-refractivity contribution >= 4 is 5.91 Å². The van der Waals surface area contributed by atoms with E-state index in [0.29, 0.717) is 12.5 Å². The van der Waals surface area contributed by atoms with Crippen LogP contribution < -0.4 is 5.32 Å². The molecule has 0 aromatic heterocycles. The van der Waals surface area contributed by atoms with Crippen LogP contribution in [0.2, 0.25) is 0 Å². The summed E-state index contributed by atoms with van der Waals surface area (Å²) in [5.74, 6) is -1.90. The lowest BCUT2D eigenvalue weighted by Gasteiger charge is -2.25. The number of carbonyl (C=O) groups is 1. The Kier molecular flexibility index (Phi) is 4.58. The van der Waals surface area contributed by atoms with Crippen molar-refractivity contribution in [1.82, 2.24) is 5.32 Å². The Morgan fingerprint density at radius 1 is 1.48 bits per heavy atom. The Balaban J connectivity index is 1.99. The van der Waals surface area contributed by atoms with Gasteiger partial charge in [0.25, 0.3) is 0 Å². The highest BCUT2D eigenvalue weighted by Crippen LogP contribution is 2.24. The van der Waals surface area contributed by atoms with Gasteiger partial charge in [-0.1, -0.05) is 6.07 Å². The standard InChI is InChI=1S/C15H19F2NO3/c1-9-3-6-13(21-9)14(19)18-8-15(2,20)11-5-4-10(16)7-12(11)17/h4-5,7,9,13,20H,3,6,8H2,1-2H3,(H,18,19). The second-order valence-electron chi connectivity index (χ2n) is 5.63. The number of aliphatic hydroxyl groups is 1. The van der Waals surface area contributed by atoms with Crippen LogP contribution in [0.4, 0.5) is 8.78 Å². The zero-order valence-electron chi connectivity index (χ0n) is 12.0. The number of carbonyl (C=O) groups excluding carboxylic acids is 1. The second kappa shape index (κ2) is 6.07. The van der Waals surface area contributed by atoms with Crippen molar-refractivity contribution in [1.29, 1.82) is 0 Å². The van der Waals surface area contributed by atoms with Crippen molar-refractivity contribution in [2.24, 2.45) is 0 Å². The van der Waals surface area contributed by atoms with Crippen LogP contribution >= 0.6 is 0 Å². The molecule has 1 heterocycles. The molecule has 0 aliphatic carbocycles. The van der Waals surface area contributed by atoms with Crippen molar-refractivity contribution in [2.45, 2.75) is 44.5 Å². The normalized spacial score (nSPS) is 24.6. The molecule has 1 aliphatic rings. The van der Waals surface area contributed by atoms with E-state index in [4.69, 9.17) is 4.74 Å². The van der Waals surface area contributed by atoms with Gasteiger partial charge in [0, 0.05) is 11.6 Å². The molecule has 0 spiro atoms. The van der Waals surface area contributed by atoms with E-state index < -0.39 is 23.3 Å². The Hall–Kier alpha value is -1.53.